The van der Waals surface area contributed by atoms with E-state index < -0.39 is 0 Å². The summed E-state index contributed by atoms with van der Waals surface area (Å²) >= 11 is 0. The molecule has 0 aliphatic heterocycles. The van der Waals surface area contributed by atoms with Gasteiger partial charge in [-0.3, -0.25) is 0 Å². The van der Waals surface area contributed by atoms with Gasteiger partial charge in [-0.05, 0) is 12.8 Å². The van der Waals surface area contributed by atoms with Gasteiger partial charge in [0.15, 0.2) is 0 Å². The highest BCUT2D eigenvalue weighted by Gasteiger charge is 2.16. The fraction of sp³-hybridized carbons (Fsp3) is 0.667. The van der Waals surface area contributed by atoms with E-state index in [1.54, 1.807) is 6.33 Å². The minimum atomic E-state index is 0.714. The fourth-order valence-corrected chi connectivity index (χ4v) is 1.84. The van der Waals surface area contributed by atoms with Crippen molar-refractivity contribution < 1.29 is 0 Å². The van der Waals surface area contributed by atoms with Gasteiger partial charge in [-0.15, -0.1) is 0 Å². The Morgan fingerprint density at radius 1 is 1.36 bits per heavy atom. The van der Waals surface area contributed by atoms with E-state index in [2.05, 4.69) is 16.2 Å². The first-order chi connectivity index (χ1) is 5.47. The second-order valence-electron chi connectivity index (χ2n) is 3.26. The zero-order valence-electron chi connectivity index (χ0n) is 6.64. The van der Waals surface area contributed by atoms with E-state index >= 15 is 0 Å². The first kappa shape index (κ1) is 6.89. The molecule has 2 rings (SSSR count). The smallest absolute Gasteiger partial charge is 0.112 e. The minimum absolute atomic E-state index is 0.714. The number of rotatable bonds is 1. The molecule has 0 atom stereocenters. The molecule has 11 heavy (non-hydrogen) atoms. The van der Waals surface area contributed by atoms with Crippen molar-refractivity contribution in [1.82, 2.24) is 9.97 Å². The molecule has 1 heterocycles. The molecule has 0 bridgehead atoms. The summed E-state index contributed by atoms with van der Waals surface area (Å²) in [7, 11) is 0. The zero-order chi connectivity index (χ0) is 7.52. The molecule has 1 fully saturated rings. The average Bonchev–Trinajstić information content (AvgIpc) is 2.58. The molecular weight excluding hydrogens is 136 g/mol. The topological polar surface area (TPSA) is 28.7 Å². The van der Waals surface area contributed by atoms with Crippen molar-refractivity contribution in [3.63, 3.8) is 0 Å². The maximum atomic E-state index is 3.92. The van der Waals surface area contributed by atoms with Gasteiger partial charge in [0.1, 0.15) is 6.20 Å². The lowest BCUT2D eigenvalue weighted by Crippen LogP contribution is -2.04. The monoisotopic (exact) mass is 149 g/mol. The fourth-order valence-electron chi connectivity index (χ4n) is 1.84. The van der Waals surface area contributed by atoms with Crippen molar-refractivity contribution in [3.05, 3.63) is 18.2 Å². The molecule has 2 heteroatoms. The summed E-state index contributed by atoms with van der Waals surface area (Å²) in [6.07, 6.45) is 11.5. The summed E-state index contributed by atoms with van der Waals surface area (Å²) in [5.74, 6) is 0.714. The van der Waals surface area contributed by atoms with Crippen LogP contribution in [0.4, 0.5) is 0 Å². The largest absolute Gasteiger partial charge is 0.348 e. The summed E-state index contributed by atoms with van der Waals surface area (Å²) < 4.78 is 0. The summed E-state index contributed by atoms with van der Waals surface area (Å²) in [5.41, 5.74) is 1.21. The molecule has 0 unspecified atom stereocenters. The van der Waals surface area contributed by atoms with Gasteiger partial charge in [0.05, 0.1) is 6.33 Å². The number of nitrogens with one attached hydrogen (secondary N) is 1. The van der Waals surface area contributed by atoms with Crippen molar-refractivity contribution in [1.29, 1.82) is 0 Å². The van der Waals surface area contributed by atoms with Crippen LogP contribution in [0.15, 0.2) is 6.33 Å². The Labute approximate surface area is 67.0 Å². The quantitative estimate of drug-likeness (QED) is 0.651. The number of aromatic nitrogens is 2. The lowest BCUT2D eigenvalue weighted by molar-refractivity contribution is 0.437. The van der Waals surface area contributed by atoms with Crippen molar-refractivity contribution in [2.75, 3.05) is 0 Å². The molecular formula is C9H13N2. The molecule has 0 amide bonds. The Hall–Kier alpha value is -0.790. The number of hydrogen-bond acceptors (Lipinski definition) is 1. The van der Waals surface area contributed by atoms with Crippen molar-refractivity contribution in [2.24, 2.45) is 0 Å². The molecule has 1 aliphatic carbocycles. The first-order valence-corrected chi connectivity index (χ1v) is 4.38. The SMILES string of the molecule is [c]1nc[nH]c1C1CCCCC1. The van der Waals surface area contributed by atoms with E-state index in [-0.39, 0.29) is 0 Å². The number of hydrogen-bond donors (Lipinski definition) is 1. The number of nitrogens with zero attached hydrogens (tertiary/aromatic N) is 1. The van der Waals surface area contributed by atoms with Gasteiger partial charge in [0.2, 0.25) is 0 Å². The number of H-pyrrole nitrogens is 1. The van der Waals surface area contributed by atoms with Crippen LogP contribution in [0.2, 0.25) is 0 Å². The lowest BCUT2D eigenvalue weighted by Gasteiger charge is -2.19. The second kappa shape index (κ2) is 3.07. The van der Waals surface area contributed by atoms with Crippen molar-refractivity contribution >= 4 is 0 Å². The molecule has 1 saturated carbocycles. The highest BCUT2D eigenvalue weighted by Crippen LogP contribution is 2.30. The van der Waals surface area contributed by atoms with Gasteiger partial charge in [0, 0.05) is 11.6 Å². The Morgan fingerprint density at radius 2 is 2.18 bits per heavy atom. The first-order valence-electron chi connectivity index (χ1n) is 4.38. The van der Waals surface area contributed by atoms with Gasteiger partial charge in [-0.25, -0.2) is 4.98 Å². The maximum absolute atomic E-state index is 3.92. The molecule has 0 aromatic carbocycles. The Bertz CT molecular complexity index is 197. The van der Waals surface area contributed by atoms with Gasteiger partial charge < -0.3 is 4.98 Å². The summed E-state index contributed by atoms with van der Waals surface area (Å²) in [6.45, 7) is 0. The lowest BCUT2D eigenvalue weighted by atomic mass is 9.87. The third-order valence-electron chi connectivity index (χ3n) is 2.48. The van der Waals surface area contributed by atoms with Crippen molar-refractivity contribution in [3.8, 4) is 0 Å². The highest BCUT2D eigenvalue weighted by atomic mass is 14.9. The van der Waals surface area contributed by atoms with Gasteiger partial charge in [-0.2, -0.15) is 0 Å². The van der Waals surface area contributed by atoms with Crippen LogP contribution in [0, 0.1) is 6.20 Å². The number of imidazole rings is 1. The van der Waals surface area contributed by atoms with Crippen LogP contribution in [0.25, 0.3) is 0 Å². The van der Waals surface area contributed by atoms with E-state index in [9.17, 15) is 0 Å². The van der Waals surface area contributed by atoms with E-state index in [1.165, 1.54) is 37.8 Å². The van der Waals surface area contributed by atoms with Crippen LogP contribution < -0.4 is 0 Å². The summed E-state index contributed by atoms with van der Waals surface area (Å²) in [4.78, 5) is 7.06. The van der Waals surface area contributed by atoms with Crippen LogP contribution >= 0.6 is 0 Å². The van der Waals surface area contributed by atoms with Gasteiger partial charge in [0.25, 0.3) is 0 Å². The highest BCUT2D eigenvalue weighted by molar-refractivity contribution is 5.02. The standard InChI is InChI=1S/C9H13N2/c1-2-4-8(5-3-1)9-6-10-7-11-9/h7-8H,1-5H2,(H,10,11). The summed E-state index contributed by atoms with van der Waals surface area (Å²) in [6, 6.07) is 0. The Morgan fingerprint density at radius 3 is 2.82 bits per heavy atom. The van der Waals surface area contributed by atoms with Crippen LogP contribution in [-0.2, 0) is 0 Å². The molecule has 2 nitrogen and oxygen atoms in total. The predicted octanol–water partition coefficient (Wildman–Crippen LogP) is 2.26. The molecule has 1 aromatic heterocycles. The Kier molecular flexibility index (Phi) is 1.93. The van der Waals surface area contributed by atoms with Crippen LogP contribution in [0.3, 0.4) is 0 Å². The van der Waals surface area contributed by atoms with E-state index in [0.29, 0.717) is 5.92 Å². The third kappa shape index (κ3) is 1.44. The maximum Gasteiger partial charge on any atom is 0.112 e. The molecule has 1 radical (unpaired) electrons. The molecule has 0 saturated heterocycles. The molecule has 1 aliphatic rings. The number of aromatic amines is 1. The van der Waals surface area contributed by atoms with E-state index in [0.717, 1.165) is 0 Å². The second-order valence-corrected chi connectivity index (χ2v) is 3.26. The zero-order valence-corrected chi connectivity index (χ0v) is 6.64. The van der Waals surface area contributed by atoms with Gasteiger partial charge >= 0.3 is 0 Å². The molecule has 1 N–H and O–H groups in total. The van der Waals surface area contributed by atoms with Crippen molar-refractivity contribution in [2.45, 2.75) is 38.0 Å². The van der Waals surface area contributed by atoms with E-state index in [4.69, 9.17) is 0 Å². The van der Waals surface area contributed by atoms with Crippen LogP contribution in [0.1, 0.15) is 43.7 Å². The molecule has 1 aromatic rings. The minimum Gasteiger partial charge on any atom is -0.348 e. The molecule has 59 valence electrons. The predicted molar refractivity (Wildman–Crippen MR) is 43.2 cm³/mol. The Balaban J connectivity index is 2.04. The van der Waals surface area contributed by atoms with Crippen LogP contribution in [-0.4, -0.2) is 9.97 Å². The normalized spacial score (nSPS) is 20.4. The third-order valence-corrected chi connectivity index (χ3v) is 2.48. The molecule has 0 spiro atoms. The van der Waals surface area contributed by atoms with Gasteiger partial charge in [-0.1, -0.05) is 19.3 Å². The van der Waals surface area contributed by atoms with E-state index in [1.807, 2.05) is 0 Å². The van der Waals surface area contributed by atoms with Crippen LogP contribution in [0.5, 0.6) is 0 Å². The average molecular weight is 149 g/mol. The summed E-state index contributed by atoms with van der Waals surface area (Å²) in [5, 5.41) is 0.